The number of hydrogen-bond acceptors (Lipinski definition) is 0. The Kier molecular flexibility index (Phi) is 4.94. The molecular weight excluding hydrogens is 587 g/mol. The second-order valence-corrected chi connectivity index (χ2v) is 17.2. The maximum absolute atomic E-state index is 2.57. The highest BCUT2D eigenvalue weighted by Crippen LogP contribution is 2.56. The normalized spacial score (nSPS) is 16.3. The summed E-state index contributed by atoms with van der Waals surface area (Å²) >= 11 is 0. The summed E-state index contributed by atoms with van der Waals surface area (Å²) < 4.78 is 0. The summed E-state index contributed by atoms with van der Waals surface area (Å²) in [5.74, 6) is 0. The number of benzene rings is 7. The minimum absolute atomic E-state index is 0.00379. The standard InChI is InChI=1S/C48H39B/c1-46(2,3)26-22-35-31-24-33-27-14-8-10-18-37(27)47(4,5)43(33)29-16-12-20-39(41(29)31)49-40-21-13-17-30-42(40)32(36(23-26)45(35)49)25-34-28-15-9-11-19-38(28)48(6,7)44(30)34/h8-25H,1-7H3. The van der Waals surface area contributed by atoms with Crippen LogP contribution in [0.15, 0.2) is 109 Å². The second-order valence-electron chi connectivity index (χ2n) is 17.2. The van der Waals surface area contributed by atoms with E-state index in [1.54, 1.807) is 0 Å². The van der Waals surface area contributed by atoms with Gasteiger partial charge in [0.2, 0.25) is 6.71 Å². The van der Waals surface area contributed by atoms with Gasteiger partial charge in [0.25, 0.3) is 0 Å². The molecule has 2 aliphatic carbocycles. The van der Waals surface area contributed by atoms with E-state index in [2.05, 4.69) is 158 Å². The van der Waals surface area contributed by atoms with E-state index >= 15 is 0 Å². The van der Waals surface area contributed by atoms with Crippen LogP contribution < -0.4 is 16.4 Å². The zero-order valence-corrected chi connectivity index (χ0v) is 29.5. The second kappa shape index (κ2) is 8.64. The van der Waals surface area contributed by atoms with Crippen molar-refractivity contribution in [3.63, 3.8) is 0 Å². The Bertz CT molecular complexity index is 2520. The Morgan fingerprint density at radius 1 is 0.449 bits per heavy atom. The third-order valence-corrected chi connectivity index (χ3v) is 13.0. The zero-order valence-electron chi connectivity index (χ0n) is 29.5. The smallest absolute Gasteiger partial charge is 0.0663 e. The van der Waals surface area contributed by atoms with Crippen LogP contribution >= 0.6 is 0 Å². The van der Waals surface area contributed by atoms with Gasteiger partial charge in [-0.05, 0) is 111 Å². The Morgan fingerprint density at radius 2 is 0.898 bits per heavy atom. The highest BCUT2D eigenvalue weighted by atomic mass is 14.4. The average Bonchev–Trinajstić information content (AvgIpc) is 3.47. The number of fused-ring (bicyclic) bond motifs is 12. The van der Waals surface area contributed by atoms with E-state index in [9.17, 15) is 0 Å². The van der Waals surface area contributed by atoms with Gasteiger partial charge >= 0.3 is 0 Å². The fourth-order valence-electron chi connectivity index (χ4n) is 10.8. The van der Waals surface area contributed by atoms with E-state index in [1.807, 2.05) is 0 Å². The van der Waals surface area contributed by atoms with Gasteiger partial charge in [0, 0.05) is 10.8 Å². The molecule has 1 heteroatoms. The van der Waals surface area contributed by atoms with Crippen molar-refractivity contribution in [3.8, 4) is 44.5 Å². The molecule has 0 bridgehead atoms. The predicted octanol–water partition coefficient (Wildman–Crippen LogP) is 10.4. The summed E-state index contributed by atoms with van der Waals surface area (Å²) in [6, 6.07) is 42.9. The van der Waals surface area contributed by atoms with Gasteiger partial charge in [-0.2, -0.15) is 0 Å². The SMILES string of the molecule is CC(C)(C)c1cc2c3c(c1)-c1cc4c(c5cccc(c15)B3c1cccc3c5c(cc-2c13)-c1ccccc1C5(C)C)C(C)(C)c1ccccc1-4. The third kappa shape index (κ3) is 3.19. The Morgan fingerprint density at radius 3 is 1.35 bits per heavy atom. The molecule has 0 N–H and O–H groups in total. The summed E-state index contributed by atoms with van der Waals surface area (Å²) in [7, 11) is 0. The van der Waals surface area contributed by atoms with Crippen LogP contribution in [0.3, 0.4) is 0 Å². The molecule has 0 atom stereocenters. The topological polar surface area (TPSA) is 0 Å². The van der Waals surface area contributed by atoms with E-state index in [1.165, 1.54) is 110 Å². The Hall–Kier alpha value is -4.88. The molecule has 11 rings (SSSR count). The average molecular weight is 627 g/mol. The van der Waals surface area contributed by atoms with E-state index in [-0.39, 0.29) is 23.0 Å². The lowest BCUT2D eigenvalue weighted by Gasteiger charge is -2.37. The van der Waals surface area contributed by atoms with Crippen molar-refractivity contribution >= 4 is 44.6 Å². The summed E-state index contributed by atoms with van der Waals surface area (Å²) in [5.41, 5.74) is 22.8. The molecule has 0 spiro atoms. The van der Waals surface area contributed by atoms with Crippen LogP contribution in [-0.4, -0.2) is 6.71 Å². The molecule has 0 radical (unpaired) electrons. The van der Waals surface area contributed by atoms with Crippen LogP contribution in [0.1, 0.15) is 76.3 Å². The van der Waals surface area contributed by atoms with Crippen LogP contribution in [-0.2, 0) is 16.2 Å². The van der Waals surface area contributed by atoms with Crippen LogP contribution in [0.2, 0.25) is 0 Å². The van der Waals surface area contributed by atoms with Crippen molar-refractivity contribution in [1.29, 1.82) is 0 Å². The maximum Gasteiger partial charge on any atom is 0.244 e. The molecular formula is C48H39B. The van der Waals surface area contributed by atoms with Crippen molar-refractivity contribution in [2.24, 2.45) is 0 Å². The van der Waals surface area contributed by atoms with E-state index < -0.39 is 0 Å². The summed E-state index contributed by atoms with van der Waals surface area (Å²) in [6.45, 7) is 17.0. The monoisotopic (exact) mass is 626 g/mol. The van der Waals surface area contributed by atoms with Crippen molar-refractivity contribution in [3.05, 3.63) is 137 Å². The van der Waals surface area contributed by atoms with E-state index in [0.29, 0.717) is 0 Å². The molecule has 49 heavy (non-hydrogen) atoms. The highest BCUT2D eigenvalue weighted by Gasteiger charge is 2.45. The maximum atomic E-state index is 2.57. The summed E-state index contributed by atoms with van der Waals surface area (Å²) in [4.78, 5) is 0. The summed E-state index contributed by atoms with van der Waals surface area (Å²) in [5, 5.41) is 5.74. The van der Waals surface area contributed by atoms with Gasteiger partial charge in [-0.15, -0.1) is 0 Å². The van der Waals surface area contributed by atoms with Gasteiger partial charge in [0.05, 0.1) is 0 Å². The van der Waals surface area contributed by atoms with Crippen LogP contribution in [0.4, 0.5) is 0 Å². The zero-order chi connectivity index (χ0) is 33.4. The first-order chi connectivity index (χ1) is 23.5. The number of hydrogen-bond donors (Lipinski definition) is 0. The molecule has 0 saturated carbocycles. The molecule has 4 aliphatic rings. The molecule has 0 saturated heterocycles. The van der Waals surface area contributed by atoms with Crippen molar-refractivity contribution in [2.75, 3.05) is 0 Å². The van der Waals surface area contributed by atoms with Crippen molar-refractivity contribution in [2.45, 2.75) is 64.7 Å². The lowest BCUT2D eigenvalue weighted by Crippen LogP contribution is -2.57. The van der Waals surface area contributed by atoms with Gasteiger partial charge in [-0.1, -0.05) is 162 Å². The highest BCUT2D eigenvalue weighted by molar-refractivity contribution is 7.01. The Balaban J connectivity index is 1.33. The summed E-state index contributed by atoms with van der Waals surface area (Å²) in [6.07, 6.45) is 0. The molecule has 0 unspecified atom stereocenters. The molecule has 7 aromatic rings. The quantitative estimate of drug-likeness (QED) is 0.147. The fourth-order valence-corrected chi connectivity index (χ4v) is 10.8. The third-order valence-electron chi connectivity index (χ3n) is 13.0. The first kappa shape index (κ1) is 28.0. The van der Waals surface area contributed by atoms with Crippen LogP contribution in [0.25, 0.3) is 66.1 Å². The van der Waals surface area contributed by atoms with Gasteiger partial charge in [0.1, 0.15) is 0 Å². The molecule has 234 valence electrons. The van der Waals surface area contributed by atoms with Gasteiger partial charge in [0.15, 0.2) is 0 Å². The van der Waals surface area contributed by atoms with Crippen LogP contribution in [0.5, 0.6) is 0 Å². The van der Waals surface area contributed by atoms with Gasteiger partial charge in [-0.3, -0.25) is 0 Å². The minimum atomic E-state index is -0.0674. The molecule has 0 fully saturated rings. The molecule has 2 heterocycles. The van der Waals surface area contributed by atoms with Crippen molar-refractivity contribution < 1.29 is 0 Å². The van der Waals surface area contributed by atoms with E-state index in [4.69, 9.17) is 0 Å². The molecule has 7 aromatic carbocycles. The van der Waals surface area contributed by atoms with Crippen LogP contribution in [0, 0.1) is 0 Å². The lowest BCUT2D eigenvalue weighted by molar-refractivity contribution is 0.591. The lowest BCUT2D eigenvalue weighted by atomic mass is 9.31. The number of rotatable bonds is 0. The first-order valence-electron chi connectivity index (χ1n) is 18.1. The molecule has 0 amide bonds. The first-order valence-corrected chi connectivity index (χ1v) is 18.1. The molecule has 0 aromatic heterocycles. The largest absolute Gasteiger partial charge is 0.244 e. The minimum Gasteiger partial charge on any atom is -0.0663 e. The predicted molar refractivity (Wildman–Crippen MR) is 211 cm³/mol. The molecule has 0 nitrogen and oxygen atoms in total. The van der Waals surface area contributed by atoms with Gasteiger partial charge in [-0.25, -0.2) is 0 Å². The Labute approximate surface area is 289 Å². The van der Waals surface area contributed by atoms with E-state index in [0.717, 1.165) is 0 Å². The molecule has 2 aliphatic heterocycles. The van der Waals surface area contributed by atoms with Crippen molar-refractivity contribution in [1.82, 2.24) is 0 Å². The fraction of sp³-hybridized carbons (Fsp3) is 0.208. The van der Waals surface area contributed by atoms with Gasteiger partial charge < -0.3 is 0 Å².